The Hall–Kier alpha value is -1.73. The molecule has 0 aliphatic rings. The van der Waals surface area contributed by atoms with Gasteiger partial charge in [-0.25, -0.2) is 0 Å². The van der Waals surface area contributed by atoms with E-state index in [1.165, 1.54) is 0 Å². The Kier molecular flexibility index (Phi) is 2.48. The van der Waals surface area contributed by atoms with Crippen molar-refractivity contribution in [3.05, 3.63) is 40.6 Å². The van der Waals surface area contributed by atoms with Crippen molar-refractivity contribution < 1.29 is 4.42 Å². The number of hydrogen-bond donors (Lipinski definition) is 1. The Balaban J connectivity index is 2.58. The first-order valence-electron chi connectivity index (χ1n) is 4.26. The number of hydrogen-bond acceptors (Lipinski definition) is 3. The molecule has 0 bridgehead atoms. The van der Waals surface area contributed by atoms with Crippen LogP contribution in [0.1, 0.15) is 5.56 Å². The quantitative estimate of drug-likeness (QED) is 0.803. The van der Waals surface area contributed by atoms with Crippen molar-refractivity contribution in [1.29, 1.82) is 5.26 Å². The highest BCUT2D eigenvalue weighted by Crippen LogP contribution is 2.28. The Morgan fingerprint density at radius 3 is 2.67 bits per heavy atom. The molecule has 0 atom stereocenters. The molecule has 2 rings (SSSR count). The summed E-state index contributed by atoms with van der Waals surface area (Å²) in [4.78, 5) is 0. The number of rotatable bonds is 1. The molecule has 1 aromatic heterocycles. The minimum Gasteiger partial charge on any atom is -0.449 e. The van der Waals surface area contributed by atoms with Gasteiger partial charge >= 0.3 is 0 Å². The summed E-state index contributed by atoms with van der Waals surface area (Å²) in [7, 11) is 0. The molecule has 2 aromatic rings. The number of nitrogen functional groups attached to an aromatic ring is 1. The highest BCUT2D eigenvalue weighted by Gasteiger charge is 2.08. The Morgan fingerprint density at radius 2 is 2.07 bits per heavy atom. The van der Waals surface area contributed by atoms with Gasteiger partial charge in [0.15, 0.2) is 4.67 Å². The van der Waals surface area contributed by atoms with Gasteiger partial charge in [-0.2, -0.15) is 5.26 Å². The van der Waals surface area contributed by atoms with Crippen molar-refractivity contribution in [2.75, 3.05) is 5.73 Å². The molecule has 74 valence electrons. The Labute approximate surface area is 95.2 Å². The molecular weight excluding hydrogens is 256 g/mol. The van der Waals surface area contributed by atoms with Crippen molar-refractivity contribution in [3.63, 3.8) is 0 Å². The van der Waals surface area contributed by atoms with Gasteiger partial charge in [-0.1, -0.05) is 0 Å². The lowest BCUT2D eigenvalue weighted by Gasteiger charge is -2.01. The van der Waals surface area contributed by atoms with Crippen molar-refractivity contribution in [1.82, 2.24) is 0 Å². The summed E-state index contributed by atoms with van der Waals surface area (Å²) in [6.45, 7) is 0. The van der Waals surface area contributed by atoms with Crippen LogP contribution in [0.15, 0.2) is 39.4 Å². The normalized spacial score (nSPS) is 9.87. The predicted octanol–water partition coefficient (Wildman–Crippen LogP) is 3.16. The van der Waals surface area contributed by atoms with Gasteiger partial charge in [0.1, 0.15) is 5.76 Å². The predicted molar refractivity (Wildman–Crippen MR) is 61.0 cm³/mol. The molecule has 0 spiro atoms. The zero-order valence-electron chi connectivity index (χ0n) is 7.70. The summed E-state index contributed by atoms with van der Waals surface area (Å²) in [6.07, 6.45) is 0. The maximum Gasteiger partial charge on any atom is 0.169 e. The van der Waals surface area contributed by atoms with E-state index in [0.29, 0.717) is 21.7 Å². The zero-order valence-corrected chi connectivity index (χ0v) is 9.28. The van der Waals surface area contributed by atoms with Crippen LogP contribution in [0.2, 0.25) is 0 Å². The SMILES string of the molecule is N#Cc1cc(N)ccc1-c1ccc(Br)o1. The minimum atomic E-state index is 0.511. The van der Waals surface area contributed by atoms with Crippen LogP contribution in [0, 0.1) is 11.3 Å². The third-order valence-electron chi connectivity index (χ3n) is 2.00. The van der Waals surface area contributed by atoms with E-state index in [-0.39, 0.29) is 0 Å². The summed E-state index contributed by atoms with van der Waals surface area (Å²) >= 11 is 3.22. The van der Waals surface area contributed by atoms with Crippen LogP contribution in [0.3, 0.4) is 0 Å². The lowest BCUT2D eigenvalue weighted by molar-refractivity contribution is 0.555. The number of anilines is 1. The molecule has 0 saturated carbocycles. The van der Waals surface area contributed by atoms with Gasteiger partial charge < -0.3 is 10.2 Å². The zero-order chi connectivity index (χ0) is 10.8. The molecule has 0 amide bonds. The number of halogens is 1. The van der Waals surface area contributed by atoms with E-state index in [2.05, 4.69) is 22.0 Å². The van der Waals surface area contributed by atoms with E-state index in [1.54, 1.807) is 30.3 Å². The van der Waals surface area contributed by atoms with Crippen LogP contribution in [0.5, 0.6) is 0 Å². The highest BCUT2D eigenvalue weighted by atomic mass is 79.9. The molecule has 0 saturated heterocycles. The first kappa shape index (κ1) is 9.81. The molecule has 0 radical (unpaired) electrons. The van der Waals surface area contributed by atoms with Crippen molar-refractivity contribution in [2.45, 2.75) is 0 Å². The third-order valence-corrected chi connectivity index (χ3v) is 2.43. The topological polar surface area (TPSA) is 63.0 Å². The van der Waals surface area contributed by atoms with Crippen LogP contribution in [-0.4, -0.2) is 0 Å². The molecule has 0 unspecified atom stereocenters. The van der Waals surface area contributed by atoms with Gasteiger partial charge in [-0.05, 0) is 46.3 Å². The van der Waals surface area contributed by atoms with Crippen LogP contribution < -0.4 is 5.73 Å². The average molecular weight is 263 g/mol. The molecular formula is C11H7BrN2O. The van der Waals surface area contributed by atoms with Crippen LogP contribution in [0.4, 0.5) is 5.69 Å². The maximum absolute atomic E-state index is 8.95. The lowest BCUT2D eigenvalue weighted by atomic mass is 10.1. The summed E-state index contributed by atoms with van der Waals surface area (Å²) in [5.41, 5.74) is 7.42. The van der Waals surface area contributed by atoms with Gasteiger partial charge in [-0.15, -0.1) is 0 Å². The fourth-order valence-corrected chi connectivity index (χ4v) is 1.63. The molecule has 3 nitrogen and oxygen atoms in total. The fourth-order valence-electron chi connectivity index (χ4n) is 1.33. The third kappa shape index (κ3) is 1.88. The summed E-state index contributed by atoms with van der Waals surface area (Å²) < 4.78 is 6.01. The van der Waals surface area contributed by atoms with E-state index in [1.807, 2.05) is 0 Å². The number of nitrogens with zero attached hydrogens (tertiary/aromatic N) is 1. The van der Waals surface area contributed by atoms with Gasteiger partial charge in [0.25, 0.3) is 0 Å². The van der Waals surface area contributed by atoms with Crippen molar-refractivity contribution >= 4 is 21.6 Å². The minimum absolute atomic E-state index is 0.511. The van der Waals surface area contributed by atoms with E-state index in [4.69, 9.17) is 15.4 Å². The summed E-state index contributed by atoms with van der Waals surface area (Å²) in [5.74, 6) is 0.651. The average Bonchev–Trinajstić information content (AvgIpc) is 2.64. The van der Waals surface area contributed by atoms with Gasteiger partial charge in [0.05, 0.1) is 11.6 Å². The number of benzene rings is 1. The van der Waals surface area contributed by atoms with E-state index in [9.17, 15) is 0 Å². The summed E-state index contributed by atoms with van der Waals surface area (Å²) in [5, 5.41) is 8.95. The van der Waals surface area contributed by atoms with E-state index in [0.717, 1.165) is 5.56 Å². The molecule has 0 fully saturated rings. The van der Waals surface area contributed by atoms with Gasteiger partial charge in [0, 0.05) is 11.3 Å². The standard InChI is InChI=1S/C11H7BrN2O/c12-11-4-3-10(15-11)9-2-1-8(14)5-7(9)6-13/h1-5H,14H2. The fraction of sp³-hybridized carbons (Fsp3) is 0. The first-order valence-corrected chi connectivity index (χ1v) is 5.05. The molecule has 1 aromatic carbocycles. The van der Waals surface area contributed by atoms with E-state index < -0.39 is 0 Å². The van der Waals surface area contributed by atoms with Gasteiger partial charge in [-0.3, -0.25) is 0 Å². The van der Waals surface area contributed by atoms with Crippen LogP contribution >= 0.6 is 15.9 Å². The first-order chi connectivity index (χ1) is 7.20. The Morgan fingerprint density at radius 1 is 1.27 bits per heavy atom. The largest absolute Gasteiger partial charge is 0.449 e. The van der Waals surface area contributed by atoms with Gasteiger partial charge in [0.2, 0.25) is 0 Å². The number of nitriles is 1. The molecule has 1 heterocycles. The lowest BCUT2D eigenvalue weighted by Crippen LogP contribution is -1.88. The molecule has 15 heavy (non-hydrogen) atoms. The molecule has 0 aliphatic heterocycles. The van der Waals surface area contributed by atoms with Crippen LogP contribution in [0.25, 0.3) is 11.3 Å². The van der Waals surface area contributed by atoms with Crippen molar-refractivity contribution in [3.8, 4) is 17.4 Å². The van der Waals surface area contributed by atoms with Crippen LogP contribution in [-0.2, 0) is 0 Å². The number of nitrogens with two attached hydrogens (primary N) is 1. The second-order valence-electron chi connectivity index (χ2n) is 3.02. The second-order valence-corrected chi connectivity index (χ2v) is 3.80. The highest BCUT2D eigenvalue weighted by molar-refractivity contribution is 9.10. The molecule has 2 N–H and O–H groups in total. The second kappa shape index (κ2) is 3.79. The molecule has 4 heteroatoms. The maximum atomic E-state index is 8.95. The van der Waals surface area contributed by atoms with Crippen molar-refractivity contribution in [2.24, 2.45) is 0 Å². The monoisotopic (exact) mass is 262 g/mol. The van der Waals surface area contributed by atoms with E-state index >= 15 is 0 Å². The Bertz CT molecular complexity index is 540. The molecule has 0 aliphatic carbocycles. The number of furan rings is 1. The smallest absolute Gasteiger partial charge is 0.169 e. The summed E-state index contributed by atoms with van der Waals surface area (Å²) in [6, 6.07) is 10.8.